The monoisotopic (exact) mass is 224 g/mol. The predicted octanol–water partition coefficient (Wildman–Crippen LogP) is 1.68. The number of benzene rings is 1. The molecule has 0 aliphatic heterocycles. The highest BCUT2D eigenvalue weighted by Crippen LogP contribution is 2.38. The minimum atomic E-state index is -4.72. The van der Waals surface area contributed by atoms with Crippen LogP contribution in [0.25, 0.3) is 0 Å². The fraction of sp³-hybridized carbons (Fsp3) is 0.250. The molecule has 1 rings (SSSR count). The normalized spacial score (nSPS) is 13.9. The Bertz CT molecular complexity index is 378. The molecule has 0 heterocycles. The van der Waals surface area contributed by atoms with E-state index in [0.717, 1.165) is 12.1 Å². The number of phenolic OH excluding ortho intramolecular Hbond substituents is 1. The SMILES string of the molecule is Nc1c(F)ccc([C@H](N)C(F)(F)F)c1O. The van der Waals surface area contributed by atoms with E-state index in [-0.39, 0.29) is 0 Å². The maximum absolute atomic E-state index is 12.7. The second kappa shape index (κ2) is 3.58. The molecule has 1 aromatic rings. The summed E-state index contributed by atoms with van der Waals surface area (Å²) in [4.78, 5) is 0. The first-order chi connectivity index (χ1) is 6.75. The van der Waals surface area contributed by atoms with Crippen LogP contribution < -0.4 is 11.5 Å². The van der Waals surface area contributed by atoms with Gasteiger partial charge in [-0.05, 0) is 6.07 Å². The number of alkyl halides is 3. The average molecular weight is 224 g/mol. The fourth-order valence-corrected chi connectivity index (χ4v) is 1.03. The van der Waals surface area contributed by atoms with E-state index in [1.807, 2.05) is 0 Å². The predicted molar refractivity (Wildman–Crippen MR) is 45.5 cm³/mol. The summed E-state index contributed by atoms with van der Waals surface area (Å²) in [6, 6.07) is -0.921. The number of hydrogen-bond acceptors (Lipinski definition) is 3. The number of aromatic hydroxyl groups is 1. The number of nitrogens with two attached hydrogens (primary N) is 2. The molecule has 5 N–H and O–H groups in total. The van der Waals surface area contributed by atoms with Gasteiger partial charge in [0, 0.05) is 5.56 Å². The number of hydrogen-bond donors (Lipinski definition) is 3. The fourth-order valence-electron chi connectivity index (χ4n) is 1.03. The smallest absolute Gasteiger partial charge is 0.407 e. The highest BCUT2D eigenvalue weighted by molar-refractivity contribution is 5.57. The molecule has 0 aromatic heterocycles. The van der Waals surface area contributed by atoms with Crippen LogP contribution >= 0.6 is 0 Å². The van der Waals surface area contributed by atoms with Crippen molar-refractivity contribution in [2.45, 2.75) is 12.2 Å². The second-order valence-electron chi connectivity index (χ2n) is 2.92. The summed E-state index contributed by atoms with van der Waals surface area (Å²) < 4.78 is 49.2. The van der Waals surface area contributed by atoms with Crippen LogP contribution in [0.5, 0.6) is 5.75 Å². The van der Waals surface area contributed by atoms with E-state index in [1.165, 1.54) is 0 Å². The van der Waals surface area contributed by atoms with Crippen molar-refractivity contribution >= 4 is 5.69 Å². The Hall–Kier alpha value is -1.50. The third kappa shape index (κ3) is 2.12. The molecule has 0 fully saturated rings. The molecule has 1 aromatic carbocycles. The van der Waals surface area contributed by atoms with Gasteiger partial charge >= 0.3 is 6.18 Å². The van der Waals surface area contributed by atoms with Gasteiger partial charge in [-0.25, -0.2) is 4.39 Å². The molecule has 84 valence electrons. The van der Waals surface area contributed by atoms with Crippen molar-refractivity contribution in [3.63, 3.8) is 0 Å². The lowest BCUT2D eigenvalue weighted by molar-refractivity contribution is -0.149. The van der Waals surface area contributed by atoms with Gasteiger partial charge in [-0.15, -0.1) is 0 Å². The number of halogens is 4. The van der Waals surface area contributed by atoms with Crippen molar-refractivity contribution in [1.82, 2.24) is 0 Å². The van der Waals surface area contributed by atoms with E-state index >= 15 is 0 Å². The summed E-state index contributed by atoms with van der Waals surface area (Å²) in [7, 11) is 0. The van der Waals surface area contributed by atoms with Gasteiger partial charge in [0.05, 0.1) is 0 Å². The minimum absolute atomic E-state index is 0.651. The van der Waals surface area contributed by atoms with Gasteiger partial charge in [-0.1, -0.05) is 6.07 Å². The van der Waals surface area contributed by atoms with Crippen LogP contribution in [0.4, 0.5) is 23.2 Å². The Labute approximate surface area is 82.3 Å². The van der Waals surface area contributed by atoms with Gasteiger partial charge in [0.15, 0.2) is 0 Å². The third-order valence-electron chi connectivity index (χ3n) is 1.88. The number of nitrogen functional groups attached to an aromatic ring is 1. The standard InChI is InChI=1S/C8H8F4N2O/c9-4-2-1-3(6(15)5(4)13)7(14)8(10,11)12/h1-2,7,15H,13-14H2/t7-/m0/s1. The first kappa shape index (κ1) is 11.6. The number of anilines is 1. The molecule has 0 unspecified atom stereocenters. The minimum Gasteiger partial charge on any atom is -0.505 e. The molecule has 3 nitrogen and oxygen atoms in total. The average Bonchev–Trinajstić information content (AvgIpc) is 2.12. The Balaban J connectivity index is 3.23. The van der Waals surface area contributed by atoms with Gasteiger partial charge in [0.1, 0.15) is 23.3 Å². The van der Waals surface area contributed by atoms with Crippen molar-refractivity contribution in [3.8, 4) is 5.75 Å². The Morgan fingerprint density at radius 2 is 1.80 bits per heavy atom. The van der Waals surface area contributed by atoms with E-state index < -0.39 is 35.0 Å². The summed E-state index contributed by atoms with van der Waals surface area (Å²) in [5.41, 5.74) is 8.45. The molecule has 0 aliphatic carbocycles. The van der Waals surface area contributed by atoms with Gasteiger partial charge in [0.2, 0.25) is 0 Å². The first-order valence-corrected chi connectivity index (χ1v) is 3.84. The maximum atomic E-state index is 12.7. The summed E-state index contributed by atoms with van der Waals surface area (Å²) >= 11 is 0. The van der Waals surface area contributed by atoms with Gasteiger partial charge in [-0.2, -0.15) is 13.2 Å². The third-order valence-corrected chi connectivity index (χ3v) is 1.88. The molecule has 0 saturated carbocycles. The van der Waals surface area contributed by atoms with Gasteiger partial charge < -0.3 is 16.6 Å². The van der Waals surface area contributed by atoms with Crippen molar-refractivity contribution in [1.29, 1.82) is 0 Å². The van der Waals surface area contributed by atoms with E-state index in [0.29, 0.717) is 0 Å². The highest BCUT2D eigenvalue weighted by Gasteiger charge is 2.39. The topological polar surface area (TPSA) is 72.3 Å². The Morgan fingerprint density at radius 1 is 1.27 bits per heavy atom. The van der Waals surface area contributed by atoms with E-state index in [2.05, 4.69) is 0 Å². The lowest BCUT2D eigenvalue weighted by atomic mass is 10.0. The molecule has 1 atom stereocenters. The van der Waals surface area contributed by atoms with E-state index in [1.54, 1.807) is 0 Å². The van der Waals surface area contributed by atoms with Crippen molar-refractivity contribution in [2.75, 3.05) is 5.73 Å². The second-order valence-corrected chi connectivity index (χ2v) is 2.92. The Kier molecular flexibility index (Phi) is 2.76. The quantitative estimate of drug-likeness (QED) is 0.386. The number of phenols is 1. The van der Waals surface area contributed by atoms with Crippen molar-refractivity contribution < 1.29 is 22.7 Å². The highest BCUT2D eigenvalue weighted by atomic mass is 19.4. The zero-order valence-corrected chi connectivity index (χ0v) is 7.35. The lowest BCUT2D eigenvalue weighted by Gasteiger charge is -2.17. The largest absolute Gasteiger partial charge is 0.505 e. The molecule has 0 radical (unpaired) electrons. The summed E-state index contributed by atoms with van der Waals surface area (Å²) in [5.74, 6) is -1.97. The van der Waals surface area contributed by atoms with E-state index in [4.69, 9.17) is 16.6 Å². The molecular weight excluding hydrogens is 216 g/mol. The molecule has 0 aliphatic rings. The van der Waals surface area contributed by atoms with Crippen LogP contribution in [-0.2, 0) is 0 Å². The summed E-state index contributed by atoms with van der Waals surface area (Å²) in [6.45, 7) is 0. The van der Waals surface area contributed by atoms with Crippen molar-refractivity contribution in [2.24, 2.45) is 5.73 Å². The summed E-state index contributed by atoms with van der Waals surface area (Å²) in [5, 5.41) is 9.17. The molecule has 0 bridgehead atoms. The van der Waals surface area contributed by atoms with Crippen LogP contribution in [0.1, 0.15) is 11.6 Å². The van der Waals surface area contributed by atoms with E-state index in [9.17, 15) is 17.6 Å². The summed E-state index contributed by atoms with van der Waals surface area (Å²) in [6.07, 6.45) is -4.72. The van der Waals surface area contributed by atoms with Crippen molar-refractivity contribution in [3.05, 3.63) is 23.5 Å². The van der Waals surface area contributed by atoms with Gasteiger partial charge in [-0.3, -0.25) is 0 Å². The molecular formula is C8H8F4N2O. The van der Waals surface area contributed by atoms with Crippen LogP contribution in [0.2, 0.25) is 0 Å². The van der Waals surface area contributed by atoms with Crippen LogP contribution in [-0.4, -0.2) is 11.3 Å². The number of rotatable bonds is 1. The molecule has 7 heteroatoms. The molecule has 0 saturated heterocycles. The molecule has 15 heavy (non-hydrogen) atoms. The first-order valence-electron chi connectivity index (χ1n) is 3.84. The molecule has 0 spiro atoms. The zero-order valence-electron chi connectivity index (χ0n) is 7.35. The van der Waals surface area contributed by atoms with Gasteiger partial charge in [0.25, 0.3) is 0 Å². The molecule has 0 amide bonds. The van der Waals surface area contributed by atoms with Crippen LogP contribution in [0, 0.1) is 5.82 Å². The van der Waals surface area contributed by atoms with Crippen LogP contribution in [0.15, 0.2) is 12.1 Å². The zero-order chi connectivity index (χ0) is 11.8. The Morgan fingerprint density at radius 3 is 2.27 bits per heavy atom. The van der Waals surface area contributed by atoms with Crippen LogP contribution in [0.3, 0.4) is 0 Å². The maximum Gasteiger partial charge on any atom is 0.407 e. The lowest BCUT2D eigenvalue weighted by Crippen LogP contribution is -2.28.